The van der Waals surface area contributed by atoms with Crippen molar-refractivity contribution >= 4 is 72.1 Å². The van der Waals surface area contributed by atoms with E-state index in [0.29, 0.717) is 15.1 Å². The Kier molecular flexibility index (Phi) is 14.0. The van der Waals surface area contributed by atoms with Crippen LogP contribution in [0.3, 0.4) is 0 Å². The van der Waals surface area contributed by atoms with E-state index in [1.807, 2.05) is 42.1 Å². The van der Waals surface area contributed by atoms with Crippen LogP contribution in [0.15, 0.2) is 67.5 Å². The van der Waals surface area contributed by atoms with E-state index in [-0.39, 0.29) is 29.7 Å². The van der Waals surface area contributed by atoms with Gasteiger partial charge in [0.25, 0.3) is 0 Å². The highest BCUT2D eigenvalue weighted by atomic mass is 32.3. The smallest absolute Gasteiger partial charge is 0.336 e. The highest BCUT2D eigenvalue weighted by Crippen LogP contribution is 2.38. The van der Waals surface area contributed by atoms with Gasteiger partial charge in [-0.05, 0) is 24.3 Å². The van der Waals surface area contributed by atoms with Crippen LogP contribution in [0.4, 0.5) is 17.3 Å². The molecule has 6 N–H and O–H groups in total. The lowest BCUT2D eigenvalue weighted by atomic mass is 9.96. The number of nitrogens with one attached hydrogen (secondary N) is 2. The molecule has 0 spiro atoms. The molecule has 2 aromatic heterocycles. The van der Waals surface area contributed by atoms with Gasteiger partial charge in [-0.25, -0.2) is 31.6 Å². The Morgan fingerprint density at radius 2 is 1.58 bits per heavy atom. The van der Waals surface area contributed by atoms with E-state index in [9.17, 15) is 36.0 Å². The van der Waals surface area contributed by atoms with Crippen molar-refractivity contribution in [3.8, 4) is 22.8 Å². The molecule has 20 nitrogen and oxygen atoms in total. The van der Waals surface area contributed by atoms with Crippen molar-refractivity contribution in [2.45, 2.75) is 18.4 Å². The van der Waals surface area contributed by atoms with Crippen LogP contribution in [0, 0.1) is 0 Å². The second-order valence-corrected chi connectivity index (χ2v) is 15.7. The van der Waals surface area contributed by atoms with Gasteiger partial charge in [-0.1, -0.05) is 28.5 Å². The fourth-order valence-corrected chi connectivity index (χ4v) is 7.77. The van der Waals surface area contributed by atoms with Gasteiger partial charge in [0.2, 0.25) is 31.9 Å². The number of amides is 1. The highest BCUT2D eigenvalue weighted by molar-refractivity contribution is 8.03. The predicted octanol–water partition coefficient (Wildman–Crippen LogP) is 1.86. The maximum absolute atomic E-state index is 12.2. The number of hydrogen-bond donors (Lipinski definition) is 6. The van der Waals surface area contributed by atoms with Gasteiger partial charge in [0.05, 0.1) is 56.1 Å². The molecule has 4 aromatic rings. The second-order valence-electron chi connectivity index (χ2n) is 11.7. The number of carbonyl (C=O) groups excluding carboxylic acids is 1. The van der Waals surface area contributed by atoms with Crippen molar-refractivity contribution in [3.63, 3.8) is 0 Å². The van der Waals surface area contributed by atoms with Crippen molar-refractivity contribution in [2.75, 3.05) is 43.4 Å². The van der Waals surface area contributed by atoms with Crippen molar-refractivity contribution in [2.24, 2.45) is 7.05 Å². The fraction of sp³-hybridized carbons (Fsp3) is 0.273. The molecule has 2 aromatic carbocycles. The summed E-state index contributed by atoms with van der Waals surface area (Å²) in [5.41, 5.74) is 0.483. The number of para-hydroxylation sites is 1. The van der Waals surface area contributed by atoms with Crippen LogP contribution < -0.4 is 20.1 Å². The topological polar surface area (TPSA) is 294 Å². The number of hydrogen-bond acceptors (Lipinski definition) is 14. The number of carboxylic acids is 3. The Balaban J connectivity index is 0.000000534. The standard InChI is InChI=1S/C27H30N6O7S2.C6H8O7/c1-6-26(34)29-22-15-21(24(39-3)16-25(22)40-14-13-33(41(4,35)36)42(5,37)38)31-27-28-12-11-20(30-27)19-17-32(2)23-10-8-7-9-18(19)23;7-3(8)1-6(13,5(11)12)2-4(9)10/h6-12,15-17H,1,13-14H2,2-5H3,(H,29,34)(H,28,30,31);13H,1-2H2,(H,7,8)(H,9,10)(H,11,12). The first kappa shape index (κ1) is 43.3. The van der Waals surface area contributed by atoms with E-state index in [1.165, 1.54) is 19.2 Å². The van der Waals surface area contributed by atoms with E-state index in [4.69, 9.17) is 29.9 Å². The zero-order valence-electron chi connectivity index (χ0n) is 29.8. The molecule has 0 fully saturated rings. The largest absolute Gasteiger partial charge is 0.494 e. The van der Waals surface area contributed by atoms with Gasteiger partial charge in [-0.2, -0.15) is 0 Å². The number of carboxylic acid groups (broad SMARTS) is 3. The van der Waals surface area contributed by atoms with Crippen LogP contribution in [-0.4, -0.2) is 118 Å². The SMILES string of the molecule is C=CC(=O)Nc1cc(Nc2nccc(-c3cn(C)c4ccccc34)n2)c(OC)cc1OCCN(S(C)(=O)=O)S(C)(=O)=O.O=C(O)CC(O)(CC(=O)O)C(=O)O. The molecule has 0 unspecified atom stereocenters. The number of ether oxygens (including phenoxy) is 2. The zero-order chi connectivity index (χ0) is 41.3. The first-order chi connectivity index (χ1) is 25.6. The van der Waals surface area contributed by atoms with Gasteiger partial charge in [0.15, 0.2) is 5.60 Å². The summed E-state index contributed by atoms with van der Waals surface area (Å²) in [7, 11) is -4.75. The Hall–Kier alpha value is -6.10. The second kappa shape index (κ2) is 17.8. The maximum atomic E-state index is 12.2. The van der Waals surface area contributed by atoms with Gasteiger partial charge < -0.3 is 45.1 Å². The number of fused-ring (bicyclic) bond motifs is 1. The average molecular weight is 807 g/mol. The Bertz CT molecular complexity index is 2280. The van der Waals surface area contributed by atoms with Crippen LogP contribution in [0.5, 0.6) is 11.5 Å². The highest BCUT2D eigenvalue weighted by Gasteiger charge is 2.40. The molecule has 296 valence electrons. The quantitative estimate of drug-likeness (QED) is 0.0830. The van der Waals surface area contributed by atoms with Gasteiger partial charge in [-0.15, -0.1) is 0 Å². The van der Waals surface area contributed by atoms with Crippen molar-refractivity contribution in [3.05, 3.63) is 67.5 Å². The molecule has 1 amide bonds. The van der Waals surface area contributed by atoms with Gasteiger partial charge in [0, 0.05) is 42.0 Å². The molecule has 0 bridgehead atoms. The zero-order valence-corrected chi connectivity index (χ0v) is 31.4. The molecule has 0 atom stereocenters. The molecule has 22 heteroatoms. The third-order valence-corrected chi connectivity index (χ3v) is 10.8. The minimum Gasteiger partial charge on any atom is -0.494 e. The maximum Gasteiger partial charge on any atom is 0.336 e. The Labute approximate surface area is 314 Å². The van der Waals surface area contributed by atoms with E-state index in [0.717, 1.165) is 35.1 Å². The number of sulfonamides is 2. The predicted molar refractivity (Wildman–Crippen MR) is 198 cm³/mol. The Morgan fingerprint density at radius 1 is 0.964 bits per heavy atom. The molecule has 55 heavy (non-hydrogen) atoms. The molecule has 0 aliphatic carbocycles. The van der Waals surface area contributed by atoms with Crippen LogP contribution >= 0.6 is 0 Å². The van der Waals surface area contributed by atoms with Crippen molar-refractivity contribution in [1.29, 1.82) is 0 Å². The number of methoxy groups -OCH3 is 1. The van der Waals surface area contributed by atoms with E-state index < -0.39 is 68.8 Å². The van der Waals surface area contributed by atoms with Crippen LogP contribution in [0.1, 0.15) is 12.8 Å². The molecule has 0 saturated heterocycles. The third-order valence-electron chi connectivity index (χ3n) is 7.38. The molecular weight excluding hydrogens is 769 g/mol. The molecule has 2 heterocycles. The van der Waals surface area contributed by atoms with Crippen molar-refractivity contribution in [1.82, 2.24) is 18.2 Å². The van der Waals surface area contributed by atoms with Gasteiger partial charge >= 0.3 is 17.9 Å². The third kappa shape index (κ3) is 11.7. The molecule has 0 saturated carbocycles. The average Bonchev–Trinajstić information content (AvgIpc) is 3.42. The summed E-state index contributed by atoms with van der Waals surface area (Å²) in [4.78, 5) is 51.7. The molecule has 4 rings (SSSR count). The monoisotopic (exact) mass is 806 g/mol. The van der Waals surface area contributed by atoms with Crippen molar-refractivity contribution < 1.29 is 65.9 Å². The summed E-state index contributed by atoms with van der Waals surface area (Å²) in [5, 5.41) is 40.6. The number of aryl methyl sites for hydroxylation is 1. The first-order valence-corrected chi connectivity index (χ1v) is 19.3. The summed E-state index contributed by atoms with van der Waals surface area (Å²) in [5.74, 6) is -4.93. The summed E-state index contributed by atoms with van der Waals surface area (Å²) >= 11 is 0. The van der Waals surface area contributed by atoms with E-state index in [2.05, 4.69) is 27.2 Å². The minimum atomic E-state index is -4.07. The van der Waals surface area contributed by atoms with E-state index >= 15 is 0 Å². The minimum absolute atomic E-state index is 0.0972. The summed E-state index contributed by atoms with van der Waals surface area (Å²) in [6.07, 6.45) is 3.94. The normalized spacial score (nSPS) is 11.6. The molecular formula is C33H38N6O14S2. The number of aliphatic carboxylic acids is 3. The molecule has 0 aliphatic rings. The summed E-state index contributed by atoms with van der Waals surface area (Å²) < 4.78 is 61.4. The Morgan fingerprint density at radius 3 is 2.13 bits per heavy atom. The van der Waals surface area contributed by atoms with Crippen LogP contribution in [-0.2, 0) is 46.3 Å². The molecule has 0 aliphatic heterocycles. The summed E-state index contributed by atoms with van der Waals surface area (Å²) in [6, 6.07) is 12.7. The molecule has 0 radical (unpaired) electrons. The van der Waals surface area contributed by atoms with Crippen LogP contribution in [0.2, 0.25) is 0 Å². The fourth-order valence-electron chi connectivity index (χ4n) is 4.99. The number of aliphatic hydroxyl groups is 1. The number of aromatic nitrogens is 3. The number of rotatable bonds is 17. The van der Waals surface area contributed by atoms with E-state index in [1.54, 1.807) is 12.3 Å². The number of benzene rings is 2. The number of nitrogens with zero attached hydrogens (tertiary/aromatic N) is 4. The number of carbonyl (C=O) groups is 4. The number of anilines is 3. The lowest BCUT2D eigenvalue weighted by Gasteiger charge is -2.20. The lowest BCUT2D eigenvalue weighted by molar-refractivity contribution is -0.170. The first-order valence-electron chi connectivity index (χ1n) is 15.6. The van der Waals surface area contributed by atoms with Gasteiger partial charge in [0.1, 0.15) is 18.1 Å². The lowest BCUT2D eigenvalue weighted by Crippen LogP contribution is -2.42. The van der Waals surface area contributed by atoms with Crippen LogP contribution in [0.25, 0.3) is 22.2 Å². The summed E-state index contributed by atoms with van der Waals surface area (Å²) in [6.45, 7) is 2.63. The van der Waals surface area contributed by atoms with Gasteiger partial charge in [-0.3, -0.25) is 14.4 Å².